The van der Waals surface area contributed by atoms with Crippen LogP contribution in [-0.4, -0.2) is 56.2 Å². The average Bonchev–Trinajstić information content (AvgIpc) is 3.11. The minimum atomic E-state index is 0.316. The third kappa shape index (κ3) is 4.89. The lowest BCUT2D eigenvalue weighted by Gasteiger charge is -2.38. The summed E-state index contributed by atoms with van der Waals surface area (Å²) in [6, 6.07) is 11.1. The molecule has 0 N–H and O–H groups in total. The molecule has 1 unspecified atom stereocenters. The molecule has 1 aromatic heterocycles. The van der Waals surface area contributed by atoms with E-state index in [2.05, 4.69) is 76.4 Å². The Bertz CT molecular complexity index is 645. The molecule has 1 fully saturated rings. The first kappa shape index (κ1) is 19.0. The highest BCUT2D eigenvalue weighted by Crippen LogP contribution is 2.24. The molecular weight excluding hydrogens is 324 g/mol. The number of benzene rings is 1. The molecule has 3 rings (SSSR count). The van der Waals surface area contributed by atoms with Crippen LogP contribution in [0, 0.1) is 5.92 Å². The van der Waals surface area contributed by atoms with Crippen molar-refractivity contribution in [1.82, 2.24) is 30.0 Å². The van der Waals surface area contributed by atoms with Gasteiger partial charge in [-0.1, -0.05) is 51.1 Å². The lowest BCUT2D eigenvalue weighted by Crippen LogP contribution is -2.47. The Hall–Kier alpha value is -1.79. The van der Waals surface area contributed by atoms with Crippen LogP contribution in [-0.2, 0) is 13.1 Å². The third-order valence-electron chi connectivity index (χ3n) is 5.26. The van der Waals surface area contributed by atoms with Crippen LogP contribution < -0.4 is 0 Å². The topological polar surface area (TPSA) is 50.1 Å². The minimum absolute atomic E-state index is 0.316. The highest BCUT2D eigenvalue weighted by molar-refractivity contribution is 5.14. The SMILES string of the molecule is CCC(c1nnnn1CCC(C)C)N1CCN(Cc2ccccc2)CC1. The summed E-state index contributed by atoms with van der Waals surface area (Å²) in [4.78, 5) is 5.10. The average molecular weight is 357 g/mol. The molecule has 1 aliphatic rings. The highest BCUT2D eigenvalue weighted by Gasteiger charge is 2.27. The number of aromatic nitrogens is 4. The molecule has 2 heterocycles. The third-order valence-corrected chi connectivity index (χ3v) is 5.26. The molecule has 0 spiro atoms. The summed E-state index contributed by atoms with van der Waals surface area (Å²) in [7, 11) is 0. The van der Waals surface area contributed by atoms with Crippen molar-refractivity contribution in [3.05, 3.63) is 41.7 Å². The van der Waals surface area contributed by atoms with Crippen molar-refractivity contribution in [3.8, 4) is 0 Å². The van der Waals surface area contributed by atoms with E-state index in [1.165, 1.54) is 5.56 Å². The number of rotatable bonds is 8. The predicted octanol–water partition coefficient (Wildman–Crippen LogP) is 2.99. The molecule has 1 aromatic carbocycles. The molecule has 6 heteroatoms. The van der Waals surface area contributed by atoms with Gasteiger partial charge in [-0.05, 0) is 34.7 Å². The fourth-order valence-electron chi connectivity index (χ4n) is 3.67. The van der Waals surface area contributed by atoms with E-state index in [1.807, 2.05) is 4.68 Å². The summed E-state index contributed by atoms with van der Waals surface area (Å²) in [5.41, 5.74) is 1.39. The zero-order valence-corrected chi connectivity index (χ0v) is 16.4. The summed E-state index contributed by atoms with van der Waals surface area (Å²) >= 11 is 0. The Kier molecular flexibility index (Phi) is 6.74. The standard InChI is InChI=1S/C20H32N6/c1-4-19(20-21-22-23-26(20)11-10-17(2)3)25-14-12-24(13-15-25)16-18-8-6-5-7-9-18/h5-9,17,19H,4,10-16H2,1-3H3. The Morgan fingerprint density at radius 2 is 1.77 bits per heavy atom. The van der Waals surface area contributed by atoms with Gasteiger partial charge in [0.1, 0.15) is 0 Å². The highest BCUT2D eigenvalue weighted by atomic mass is 15.5. The number of aryl methyl sites for hydroxylation is 1. The molecule has 26 heavy (non-hydrogen) atoms. The van der Waals surface area contributed by atoms with E-state index in [-0.39, 0.29) is 0 Å². The number of nitrogens with zero attached hydrogens (tertiary/aromatic N) is 6. The molecule has 0 amide bonds. The number of hydrogen-bond acceptors (Lipinski definition) is 5. The number of piperazine rings is 1. The van der Waals surface area contributed by atoms with Gasteiger partial charge < -0.3 is 0 Å². The quantitative estimate of drug-likeness (QED) is 0.728. The summed E-state index contributed by atoms with van der Waals surface area (Å²) in [5, 5.41) is 12.6. The zero-order valence-electron chi connectivity index (χ0n) is 16.4. The van der Waals surface area contributed by atoms with E-state index < -0.39 is 0 Å². The first-order chi connectivity index (χ1) is 12.7. The van der Waals surface area contributed by atoms with Gasteiger partial charge in [0.25, 0.3) is 0 Å². The molecule has 2 aromatic rings. The Morgan fingerprint density at radius 1 is 1.04 bits per heavy atom. The maximum absolute atomic E-state index is 4.37. The van der Waals surface area contributed by atoms with E-state index in [9.17, 15) is 0 Å². The van der Waals surface area contributed by atoms with Gasteiger partial charge in [0, 0.05) is 39.3 Å². The van der Waals surface area contributed by atoms with Gasteiger partial charge in [0.15, 0.2) is 5.82 Å². The number of hydrogen-bond donors (Lipinski definition) is 0. The second-order valence-corrected chi connectivity index (χ2v) is 7.66. The Labute approximate surface area is 157 Å². The van der Waals surface area contributed by atoms with Crippen LogP contribution in [0.5, 0.6) is 0 Å². The smallest absolute Gasteiger partial charge is 0.168 e. The van der Waals surface area contributed by atoms with Gasteiger partial charge in [0.2, 0.25) is 0 Å². The molecule has 0 saturated carbocycles. The Morgan fingerprint density at radius 3 is 2.42 bits per heavy atom. The fraction of sp³-hybridized carbons (Fsp3) is 0.650. The van der Waals surface area contributed by atoms with Gasteiger partial charge in [-0.2, -0.15) is 0 Å². The van der Waals surface area contributed by atoms with Gasteiger partial charge in [-0.25, -0.2) is 4.68 Å². The van der Waals surface area contributed by atoms with Gasteiger partial charge in [-0.15, -0.1) is 5.10 Å². The minimum Gasteiger partial charge on any atom is -0.297 e. The van der Waals surface area contributed by atoms with Gasteiger partial charge >= 0.3 is 0 Å². The van der Waals surface area contributed by atoms with Gasteiger partial charge in [0.05, 0.1) is 6.04 Å². The molecule has 1 aliphatic heterocycles. The monoisotopic (exact) mass is 356 g/mol. The van der Waals surface area contributed by atoms with Crippen molar-refractivity contribution in [2.24, 2.45) is 5.92 Å². The molecule has 1 atom stereocenters. The number of tetrazole rings is 1. The second kappa shape index (κ2) is 9.24. The van der Waals surface area contributed by atoms with Crippen molar-refractivity contribution in [1.29, 1.82) is 0 Å². The Balaban J connectivity index is 1.58. The molecule has 1 saturated heterocycles. The van der Waals surface area contributed by atoms with Crippen LogP contribution in [0.25, 0.3) is 0 Å². The van der Waals surface area contributed by atoms with Crippen LogP contribution in [0.15, 0.2) is 30.3 Å². The fourth-order valence-corrected chi connectivity index (χ4v) is 3.67. The van der Waals surface area contributed by atoms with Crippen LogP contribution in [0.2, 0.25) is 0 Å². The first-order valence-electron chi connectivity index (χ1n) is 9.93. The van der Waals surface area contributed by atoms with Crippen LogP contribution >= 0.6 is 0 Å². The second-order valence-electron chi connectivity index (χ2n) is 7.66. The molecule has 6 nitrogen and oxygen atoms in total. The molecule has 0 radical (unpaired) electrons. The molecular formula is C20H32N6. The van der Waals surface area contributed by atoms with E-state index in [4.69, 9.17) is 0 Å². The normalized spacial score (nSPS) is 17.7. The maximum Gasteiger partial charge on any atom is 0.168 e. The van der Waals surface area contributed by atoms with Crippen LogP contribution in [0.4, 0.5) is 0 Å². The van der Waals surface area contributed by atoms with E-state index >= 15 is 0 Å². The summed E-state index contributed by atoms with van der Waals surface area (Å²) in [6.45, 7) is 13.0. The maximum atomic E-state index is 4.37. The van der Waals surface area contributed by atoms with Crippen molar-refractivity contribution in [2.45, 2.75) is 52.7 Å². The summed E-state index contributed by atoms with van der Waals surface area (Å²) < 4.78 is 2.02. The van der Waals surface area contributed by atoms with Crippen molar-refractivity contribution in [3.63, 3.8) is 0 Å². The van der Waals surface area contributed by atoms with Crippen LogP contribution in [0.3, 0.4) is 0 Å². The largest absolute Gasteiger partial charge is 0.297 e. The zero-order chi connectivity index (χ0) is 18.4. The van der Waals surface area contributed by atoms with E-state index in [0.29, 0.717) is 12.0 Å². The molecule has 0 bridgehead atoms. The summed E-state index contributed by atoms with van der Waals surface area (Å²) in [6.07, 6.45) is 2.15. The van der Waals surface area contributed by atoms with Gasteiger partial charge in [-0.3, -0.25) is 9.80 Å². The van der Waals surface area contributed by atoms with Crippen molar-refractivity contribution >= 4 is 0 Å². The lowest BCUT2D eigenvalue weighted by molar-refractivity contribution is 0.0840. The van der Waals surface area contributed by atoms with E-state index in [0.717, 1.165) is 57.9 Å². The summed E-state index contributed by atoms with van der Waals surface area (Å²) in [5.74, 6) is 1.69. The molecule has 142 valence electrons. The lowest BCUT2D eigenvalue weighted by atomic mass is 10.1. The molecule has 0 aliphatic carbocycles. The van der Waals surface area contributed by atoms with Crippen molar-refractivity contribution < 1.29 is 0 Å². The van der Waals surface area contributed by atoms with Crippen molar-refractivity contribution in [2.75, 3.05) is 26.2 Å². The van der Waals surface area contributed by atoms with Crippen LogP contribution in [0.1, 0.15) is 51.0 Å². The predicted molar refractivity (Wildman–Crippen MR) is 104 cm³/mol. The first-order valence-corrected chi connectivity index (χ1v) is 9.93. The van der Waals surface area contributed by atoms with E-state index in [1.54, 1.807) is 0 Å².